The highest BCUT2D eigenvalue weighted by Crippen LogP contribution is 2.26. The van der Waals surface area contributed by atoms with Crippen LogP contribution in [0.4, 0.5) is 5.69 Å². The van der Waals surface area contributed by atoms with Gasteiger partial charge in [0.25, 0.3) is 5.91 Å². The quantitative estimate of drug-likeness (QED) is 0.568. The van der Waals surface area contributed by atoms with Crippen molar-refractivity contribution < 1.29 is 9.53 Å². The van der Waals surface area contributed by atoms with Gasteiger partial charge in [0, 0.05) is 23.2 Å². The minimum absolute atomic E-state index is 0.198. The minimum Gasteiger partial charge on any atom is -0.496 e. The number of methoxy groups -OCH3 is 1. The van der Waals surface area contributed by atoms with Crippen molar-refractivity contribution in [1.29, 1.82) is 0 Å². The van der Waals surface area contributed by atoms with Crippen LogP contribution in [0.3, 0.4) is 0 Å². The molecule has 0 radical (unpaired) electrons. The number of hydrogen-bond acceptors (Lipinski definition) is 4. The van der Waals surface area contributed by atoms with Crippen LogP contribution < -0.4 is 10.1 Å². The molecule has 6 heteroatoms. The van der Waals surface area contributed by atoms with E-state index >= 15 is 0 Å². The van der Waals surface area contributed by atoms with Gasteiger partial charge in [0.1, 0.15) is 16.8 Å². The highest BCUT2D eigenvalue weighted by atomic mass is 16.5. The van der Waals surface area contributed by atoms with Gasteiger partial charge in [-0.1, -0.05) is 30.3 Å². The van der Waals surface area contributed by atoms with Gasteiger partial charge in [-0.25, -0.2) is 0 Å². The Balaban J connectivity index is 1.57. The molecule has 2 N–H and O–H groups in total. The Kier molecular flexibility index (Phi) is 4.53. The number of amides is 1. The molecule has 3 aromatic carbocycles. The third-order valence-corrected chi connectivity index (χ3v) is 4.35. The maximum Gasteiger partial charge on any atom is 0.255 e. The molecule has 0 saturated heterocycles. The third-order valence-electron chi connectivity index (χ3n) is 4.35. The molecule has 0 atom stereocenters. The van der Waals surface area contributed by atoms with Crippen LogP contribution in [0.1, 0.15) is 21.5 Å². The molecule has 4 rings (SSSR count). The molecule has 0 aliphatic carbocycles. The van der Waals surface area contributed by atoms with Gasteiger partial charge in [-0.05, 0) is 42.0 Å². The number of H-pyrrole nitrogens is 1. The fourth-order valence-electron chi connectivity index (χ4n) is 3.00. The van der Waals surface area contributed by atoms with E-state index in [-0.39, 0.29) is 5.91 Å². The third kappa shape index (κ3) is 3.64. The van der Waals surface area contributed by atoms with Crippen LogP contribution in [0.25, 0.3) is 11.0 Å². The zero-order chi connectivity index (χ0) is 18.6. The summed E-state index contributed by atoms with van der Waals surface area (Å²) in [6.45, 7) is 0. The molecule has 1 amide bonds. The standard InChI is InChI=1S/C21H18N4O2/c1-27-20-10-8-17(12-16(20)11-14-5-3-2-4-6-14)22-21(26)15-7-9-18-19(13-15)24-25-23-18/h2-10,12-13H,11H2,1H3,(H,22,26)(H,23,24,25). The summed E-state index contributed by atoms with van der Waals surface area (Å²) in [6, 6.07) is 21.0. The lowest BCUT2D eigenvalue weighted by molar-refractivity contribution is 0.102. The molecule has 6 nitrogen and oxygen atoms in total. The van der Waals surface area contributed by atoms with Crippen molar-refractivity contribution in [3.63, 3.8) is 0 Å². The molecule has 0 bridgehead atoms. The summed E-state index contributed by atoms with van der Waals surface area (Å²) in [5, 5.41) is 13.5. The number of nitrogens with zero attached hydrogens (tertiary/aromatic N) is 2. The Morgan fingerprint density at radius 2 is 1.81 bits per heavy atom. The maximum atomic E-state index is 12.6. The molecular formula is C21H18N4O2. The highest BCUT2D eigenvalue weighted by Gasteiger charge is 2.11. The summed E-state index contributed by atoms with van der Waals surface area (Å²) in [7, 11) is 1.65. The number of anilines is 1. The number of aromatic amines is 1. The number of carbonyl (C=O) groups excluding carboxylic acids is 1. The average Bonchev–Trinajstić information content (AvgIpc) is 3.17. The first kappa shape index (κ1) is 16.8. The Bertz CT molecular complexity index is 1090. The van der Waals surface area contributed by atoms with E-state index in [1.807, 2.05) is 36.4 Å². The summed E-state index contributed by atoms with van der Waals surface area (Å²) in [6.07, 6.45) is 0.721. The van der Waals surface area contributed by atoms with Crippen molar-refractivity contribution in [2.24, 2.45) is 0 Å². The summed E-state index contributed by atoms with van der Waals surface area (Å²) in [4.78, 5) is 12.6. The number of carbonyl (C=O) groups is 1. The number of ether oxygens (including phenoxy) is 1. The predicted octanol–water partition coefficient (Wildman–Crippen LogP) is 3.81. The second kappa shape index (κ2) is 7.29. The first-order valence-electron chi connectivity index (χ1n) is 8.55. The summed E-state index contributed by atoms with van der Waals surface area (Å²) < 4.78 is 5.47. The van der Waals surface area contributed by atoms with Crippen LogP contribution in [0.15, 0.2) is 66.7 Å². The largest absolute Gasteiger partial charge is 0.496 e. The number of fused-ring (bicyclic) bond motifs is 1. The number of nitrogens with one attached hydrogen (secondary N) is 2. The van der Waals surface area contributed by atoms with E-state index in [1.54, 1.807) is 25.3 Å². The Hall–Kier alpha value is -3.67. The molecule has 27 heavy (non-hydrogen) atoms. The number of aromatic nitrogens is 3. The van der Waals surface area contributed by atoms with E-state index in [4.69, 9.17) is 4.74 Å². The van der Waals surface area contributed by atoms with Crippen LogP contribution in [0.5, 0.6) is 5.75 Å². The Labute approximate surface area is 156 Å². The Morgan fingerprint density at radius 3 is 2.63 bits per heavy atom. The highest BCUT2D eigenvalue weighted by molar-refractivity contribution is 6.05. The smallest absolute Gasteiger partial charge is 0.255 e. The maximum absolute atomic E-state index is 12.6. The first-order valence-corrected chi connectivity index (χ1v) is 8.55. The van der Waals surface area contributed by atoms with Gasteiger partial charge in [0.05, 0.1) is 7.11 Å². The molecule has 1 heterocycles. The topological polar surface area (TPSA) is 79.9 Å². The van der Waals surface area contributed by atoms with E-state index in [1.165, 1.54) is 5.56 Å². The van der Waals surface area contributed by atoms with E-state index in [2.05, 4.69) is 32.9 Å². The molecule has 0 fully saturated rings. The van der Waals surface area contributed by atoms with Crippen LogP contribution in [-0.2, 0) is 6.42 Å². The minimum atomic E-state index is -0.198. The number of hydrogen-bond donors (Lipinski definition) is 2. The molecule has 0 saturated carbocycles. The zero-order valence-corrected chi connectivity index (χ0v) is 14.8. The fourth-order valence-corrected chi connectivity index (χ4v) is 3.00. The van der Waals surface area contributed by atoms with Crippen molar-refractivity contribution in [3.05, 3.63) is 83.4 Å². The van der Waals surface area contributed by atoms with Gasteiger partial charge in [-0.15, -0.1) is 0 Å². The SMILES string of the molecule is COc1ccc(NC(=O)c2ccc3n[nH]nc3c2)cc1Cc1ccccc1. The predicted molar refractivity (Wildman–Crippen MR) is 104 cm³/mol. The lowest BCUT2D eigenvalue weighted by Gasteiger charge is -2.12. The average molecular weight is 358 g/mol. The van der Waals surface area contributed by atoms with Crippen molar-refractivity contribution >= 4 is 22.6 Å². The van der Waals surface area contributed by atoms with Gasteiger partial charge < -0.3 is 10.1 Å². The second-order valence-electron chi connectivity index (χ2n) is 6.17. The zero-order valence-electron chi connectivity index (χ0n) is 14.8. The van der Waals surface area contributed by atoms with Gasteiger partial charge in [-0.3, -0.25) is 4.79 Å². The van der Waals surface area contributed by atoms with Crippen LogP contribution in [-0.4, -0.2) is 28.4 Å². The molecule has 1 aromatic heterocycles. The van der Waals surface area contributed by atoms with E-state index < -0.39 is 0 Å². The van der Waals surface area contributed by atoms with Crippen molar-refractivity contribution in [2.45, 2.75) is 6.42 Å². The second-order valence-corrected chi connectivity index (χ2v) is 6.17. The molecular weight excluding hydrogens is 340 g/mol. The molecule has 0 spiro atoms. The van der Waals surface area contributed by atoms with Crippen LogP contribution in [0, 0.1) is 0 Å². The molecule has 4 aromatic rings. The normalized spacial score (nSPS) is 10.7. The number of benzene rings is 3. The molecule has 0 aliphatic rings. The van der Waals surface area contributed by atoms with Gasteiger partial charge >= 0.3 is 0 Å². The first-order chi connectivity index (χ1) is 13.2. The fraction of sp³-hybridized carbons (Fsp3) is 0.0952. The molecule has 0 aliphatic heterocycles. The van der Waals surface area contributed by atoms with Gasteiger partial charge in [0.15, 0.2) is 0 Å². The summed E-state index contributed by atoms with van der Waals surface area (Å²) >= 11 is 0. The molecule has 0 unspecified atom stereocenters. The lowest BCUT2D eigenvalue weighted by atomic mass is 10.0. The van der Waals surface area contributed by atoms with Crippen molar-refractivity contribution in [3.8, 4) is 5.75 Å². The van der Waals surface area contributed by atoms with Crippen molar-refractivity contribution in [1.82, 2.24) is 15.4 Å². The summed E-state index contributed by atoms with van der Waals surface area (Å²) in [5.74, 6) is 0.594. The Morgan fingerprint density at radius 1 is 1.00 bits per heavy atom. The van der Waals surface area contributed by atoms with Crippen LogP contribution >= 0.6 is 0 Å². The van der Waals surface area contributed by atoms with Gasteiger partial charge in [-0.2, -0.15) is 15.4 Å². The monoisotopic (exact) mass is 358 g/mol. The lowest BCUT2D eigenvalue weighted by Crippen LogP contribution is -2.12. The van der Waals surface area contributed by atoms with Crippen LogP contribution in [0.2, 0.25) is 0 Å². The number of rotatable bonds is 5. The van der Waals surface area contributed by atoms with Gasteiger partial charge in [0.2, 0.25) is 0 Å². The van der Waals surface area contributed by atoms with Crippen molar-refractivity contribution in [2.75, 3.05) is 12.4 Å². The van der Waals surface area contributed by atoms with E-state index in [0.717, 1.165) is 23.3 Å². The summed E-state index contributed by atoms with van der Waals surface area (Å²) in [5.41, 5.74) is 4.80. The molecule has 134 valence electrons. The van der Waals surface area contributed by atoms with E-state index in [0.29, 0.717) is 16.8 Å². The van der Waals surface area contributed by atoms with E-state index in [9.17, 15) is 4.79 Å².